The van der Waals surface area contributed by atoms with Crippen LogP contribution in [0.4, 0.5) is 0 Å². The first kappa shape index (κ1) is 20.6. The molecule has 2 aromatic carbocycles. The van der Waals surface area contributed by atoms with E-state index < -0.39 is 0 Å². The van der Waals surface area contributed by atoms with Gasteiger partial charge in [-0.2, -0.15) is 0 Å². The number of rotatable bonds is 8. The number of hydrogen-bond donors (Lipinski definition) is 0. The van der Waals surface area contributed by atoms with Crippen LogP contribution in [0.2, 0.25) is 0 Å². The SMILES string of the molecule is CCCCN(CC)C(=O)c1cc(-c2ccc(OC)c(OC)c2)nc2ccccc12. The summed E-state index contributed by atoms with van der Waals surface area (Å²) in [7, 11) is 3.22. The first-order chi connectivity index (χ1) is 14.1. The number of carbonyl (C=O) groups is 1. The number of fused-ring (bicyclic) bond motifs is 1. The van der Waals surface area contributed by atoms with Crippen LogP contribution in [0.15, 0.2) is 48.5 Å². The van der Waals surface area contributed by atoms with E-state index in [2.05, 4.69) is 6.92 Å². The second-order valence-electron chi connectivity index (χ2n) is 6.88. The Morgan fingerprint density at radius 2 is 1.76 bits per heavy atom. The zero-order valence-electron chi connectivity index (χ0n) is 17.6. The van der Waals surface area contributed by atoms with E-state index in [1.54, 1.807) is 14.2 Å². The lowest BCUT2D eigenvalue weighted by Crippen LogP contribution is -2.32. The Morgan fingerprint density at radius 1 is 1.00 bits per heavy atom. The molecule has 3 rings (SSSR count). The Morgan fingerprint density at radius 3 is 2.45 bits per heavy atom. The van der Waals surface area contributed by atoms with Gasteiger partial charge in [0.05, 0.1) is 31.0 Å². The molecule has 0 aliphatic rings. The number of benzene rings is 2. The number of unbranched alkanes of at least 4 members (excludes halogenated alkanes) is 1. The van der Waals surface area contributed by atoms with Crippen molar-refractivity contribution in [3.63, 3.8) is 0 Å². The normalized spacial score (nSPS) is 10.8. The molecule has 0 saturated carbocycles. The molecule has 0 unspecified atom stereocenters. The smallest absolute Gasteiger partial charge is 0.254 e. The fourth-order valence-corrected chi connectivity index (χ4v) is 3.42. The van der Waals surface area contributed by atoms with Gasteiger partial charge < -0.3 is 14.4 Å². The Kier molecular flexibility index (Phi) is 6.70. The first-order valence-corrected chi connectivity index (χ1v) is 10.0. The van der Waals surface area contributed by atoms with Crippen LogP contribution < -0.4 is 9.47 Å². The number of pyridine rings is 1. The number of ether oxygens (including phenoxy) is 2. The minimum Gasteiger partial charge on any atom is -0.493 e. The van der Waals surface area contributed by atoms with Crippen molar-refractivity contribution in [2.75, 3.05) is 27.3 Å². The minimum atomic E-state index is 0.0428. The molecule has 29 heavy (non-hydrogen) atoms. The van der Waals surface area contributed by atoms with E-state index in [0.717, 1.165) is 41.5 Å². The molecule has 5 heteroatoms. The van der Waals surface area contributed by atoms with E-state index in [4.69, 9.17) is 14.5 Å². The highest BCUT2D eigenvalue weighted by Crippen LogP contribution is 2.33. The van der Waals surface area contributed by atoms with Crippen molar-refractivity contribution in [2.45, 2.75) is 26.7 Å². The van der Waals surface area contributed by atoms with Crippen LogP contribution in [0.3, 0.4) is 0 Å². The maximum Gasteiger partial charge on any atom is 0.254 e. The second-order valence-corrected chi connectivity index (χ2v) is 6.88. The van der Waals surface area contributed by atoms with E-state index in [1.807, 2.05) is 60.4 Å². The lowest BCUT2D eigenvalue weighted by Gasteiger charge is -2.22. The first-order valence-electron chi connectivity index (χ1n) is 10.0. The van der Waals surface area contributed by atoms with Crippen LogP contribution in [0.1, 0.15) is 37.0 Å². The number of hydrogen-bond acceptors (Lipinski definition) is 4. The van der Waals surface area contributed by atoms with Gasteiger partial charge in [0.25, 0.3) is 5.91 Å². The molecule has 1 amide bonds. The molecule has 0 bridgehead atoms. The Balaban J connectivity index is 2.12. The molecule has 0 aliphatic carbocycles. The second kappa shape index (κ2) is 9.41. The average molecular weight is 392 g/mol. The van der Waals surface area contributed by atoms with Gasteiger partial charge >= 0.3 is 0 Å². The lowest BCUT2D eigenvalue weighted by molar-refractivity contribution is 0.0764. The average Bonchev–Trinajstić information content (AvgIpc) is 2.78. The van der Waals surface area contributed by atoms with Gasteiger partial charge in [-0.15, -0.1) is 0 Å². The third-order valence-electron chi connectivity index (χ3n) is 5.08. The van der Waals surface area contributed by atoms with Crippen molar-refractivity contribution < 1.29 is 14.3 Å². The van der Waals surface area contributed by atoms with Crippen LogP contribution >= 0.6 is 0 Å². The maximum absolute atomic E-state index is 13.4. The van der Waals surface area contributed by atoms with Gasteiger partial charge in [-0.3, -0.25) is 4.79 Å². The van der Waals surface area contributed by atoms with E-state index >= 15 is 0 Å². The van der Waals surface area contributed by atoms with Crippen LogP contribution in [0.25, 0.3) is 22.2 Å². The molecule has 5 nitrogen and oxygen atoms in total. The van der Waals surface area contributed by atoms with Gasteiger partial charge in [0.1, 0.15) is 0 Å². The summed E-state index contributed by atoms with van der Waals surface area (Å²) in [5.74, 6) is 1.33. The zero-order valence-corrected chi connectivity index (χ0v) is 17.6. The fourth-order valence-electron chi connectivity index (χ4n) is 3.42. The highest BCUT2D eigenvalue weighted by atomic mass is 16.5. The number of carbonyl (C=O) groups excluding carboxylic acids is 1. The summed E-state index contributed by atoms with van der Waals surface area (Å²) in [4.78, 5) is 20.1. The van der Waals surface area contributed by atoms with E-state index in [-0.39, 0.29) is 5.91 Å². The van der Waals surface area contributed by atoms with Crippen molar-refractivity contribution in [3.05, 3.63) is 54.1 Å². The number of para-hydroxylation sites is 1. The predicted octanol–water partition coefficient (Wildman–Crippen LogP) is 5.18. The topological polar surface area (TPSA) is 51.7 Å². The molecular weight excluding hydrogens is 364 g/mol. The molecule has 1 heterocycles. The van der Waals surface area contributed by atoms with Crippen LogP contribution in [0, 0.1) is 0 Å². The highest BCUT2D eigenvalue weighted by Gasteiger charge is 2.19. The Labute approximate surface area is 172 Å². The quantitative estimate of drug-likeness (QED) is 0.530. The molecule has 0 radical (unpaired) electrons. The van der Waals surface area contributed by atoms with Gasteiger partial charge in [-0.1, -0.05) is 31.5 Å². The molecule has 152 valence electrons. The van der Waals surface area contributed by atoms with Crippen LogP contribution in [0.5, 0.6) is 11.5 Å². The van der Waals surface area contributed by atoms with Crippen molar-refractivity contribution in [1.29, 1.82) is 0 Å². The van der Waals surface area contributed by atoms with Crippen molar-refractivity contribution in [3.8, 4) is 22.8 Å². The van der Waals surface area contributed by atoms with E-state index in [0.29, 0.717) is 23.6 Å². The largest absolute Gasteiger partial charge is 0.493 e. The zero-order chi connectivity index (χ0) is 20.8. The van der Waals surface area contributed by atoms with Gasteiger partial charge in [-0.25, -0.2) is 4.98 Å². The summed E-state index contributed by atoms with van der Waals surface area (Å²) < 4.78 is 10.8. The molecule has 3 aromatic rings. The summed E-state index contributed by atoms with van der Waals surface area (Å²) in [6.45, 7) is 5.59. The third kappa shape index (κ3) is 4.34. The molecule has 0 fully saturated rings. The summed E-state index contributed by atoms with van der Waals surface area (Å²) in [6, 6.07) is 15.4. The van der Waals surface area contributed by atoms with Crippen LogP contribution in [-0.2, 0) is 0 Å². The van der Waals surface area contributed by atoms with Crippen molar-refractivity contribution >= 4 is 16.8 Å². The summed E-state index contributed by atoms with van der Waals surface area (Å²) >= 11 is 0. The molecule has 0 aliphatic heterocycles. The van der Waals surface area contributed by atoms with E-state index in [1.165, 1.54) is 0 Å². The van der Waals surface area contributed by atoms with Crippen molar-refractivity contribution in [2.24, 2.45) is 0 Å². The third-order valence-corrected chi connectivity index (χ3v) is 5.08. The minimum absolute atomic E-state index is 0.0428. The molecule has 0 spiro atoms. The fraction of sp³-hybridized carbons (Fsp3) is 0.333. The molecule has 0 atom stereocenters. The summed E-state index contributed by atoms with van der Waals surface area (Å²) in [6.07, 6.45) is 2.04. The van der Waals surface area contributed by atoms with Crippen LogP contribution in [-0.4, -0.2) is 43.1 Å². The maximum atomic E-state index is 13.4. The molecule has 0 N–H and O–H groups in total. The molecule has 1 aromatic heterocycles. The highest BCUT2D eigenvalue weighted by molar-refractivity contribution is 6.07. The predicted molar refractivity (Wildman–Crippen MR) is 117 cm³/mol. The van der Waals surface area contributed by atoms with Gasteiger partial charge in [-0.05, 0) is 43.7 Å². The number of aromatic nitrogens is 1. The standard InChI is InChI=1S/C24H28N2O3/c1-5-7-14-26(6-2)24(27)19-16-21(25-20-11-9-8-10-18(19)20)17-12-13-22(28-3)23(15-17)29-4/h8-13,15-16H,5-7,14H2,1-4H3. The number of amides is 1. The Hall–Kier alpha value is -3.08. The van der Waals surface area contributed by atoms with Gasteiger partial charge in [0.15, 0.2) is 11.5 Å². The summed E-state index contributed by atoms with van der Waals surface area (Å²) in [5, 5.41) is 0.872. The van der Waals surface area contributed by atoms with E-state index in [9.17, 15) is 4.79 Å². The molecule has 0 saturated heterocycles. The number of methoxy groups -OCH3 is 2. The van der Waals surface area contributed by atoms with Gasteiger partial charge in [0.2, 0.25) is 0 Å². The monoisotopic (exact) mass is 392 g/mol. The molecular formula is C24H28N2O3. The van der Waals surface area contributed by atoms with Crippen molar-refractivity contribution in [1.82, 2.24) is 9.88 Å². The summed E-state index contributed by atoms with van der Waals surface area (Å²) in [5.41, 5.74) is 3.09. The Bertz CT molecular complexity index is 1000. The lowest BCUT2D eigenvalue weighted by atomic mass is 10.0. The van der Waals surface area contributed by atoms with Gasteiger partial charge in [0, 0.05) is 24.0 Å². The number of nitrogens with zero attached hydrogens (tertiary/aromatic N) is 2.